The minimum Gasteiger partial charge on any atom is -0.497 e. The van der Waals surface area contributed by atoms with Gasteiger partial charge in [-0.25, -0.2) is 0 Å². The molecule has 0 aromatic heterocycles. The number of rotatable bonds is 14. The van der Waals surface area contributed by atoms with Gasteiger partial charge in [0.1, 0.15) is 5.75 Å². The largest absolute Gasteiger partial charge is 0.497 e. The number of aryl methyl sites for hydroxylation is 1. The molecule has 3 aromatic carbocycles. The lowest BCUT2D eigenvalue weighted by molar-refractivity contribution is -0.121. The highest BCUT2D eigenvalue weighted by Crippen LogP contribution is 2.50. The molecule has 0 heterocycles. The lowest BCUT2D eigenvalue weighted by Gasteiger charge is -2.19. The molecule has 3 aromatic rings. The number of carbonyl (C=O) groups is 2. The molecule has 1 aliphatic rings. The Morgan fingerprint density at radius 1 is 0.867 bits per heavy atom. The molecule has 3 N–H and O–H groups in total. The summed E-state index contributed by atoms with van der Waals surface area (Å²) in [6.45, 7) is 2.53. The normalized spacial score (nSPS) is 13.4. The van der Waals surface area contributed by atoms with Crippen molar-refractivity contribution in [3.8, 4) is 34.1 Å². The zero-order chi connectivity index (χ0) is 32.3. The van der Waals surface area contributed by atoms with Gasteiger partial charge in [-0.15, -0.1) is 0 Å². The van der Waals surface area contributed by atoms with Crippen molar-refractivity contribution in [1.82, 2.24) is 10.6 Å². The summed E-state index contributed by atoms with van der Waals surface area (Å²) in [5, 5.41) is 9.26. The average molecular weight is 618 g/mol. The Hall–Kier alpha value is -4.73. The number of hydrogen-bond acceptors (Lipinski definition) is 8. The van der Waals surface area contributed by atoms with Gasteiger partial charge in [-0.1, -0.05) is 24.6 Å². The van der Waals surface area contributed by atoms with Crippen molar-refractivity contribution in [2.75, 3.05) is 40.3 Å². The van der Waals surface area contributed by atoms with E-state index in [0.29, 0.717) is 60.9 Å². The number of unbranched alkanes of at least 4 members (excludes halogenated alkanes) is 2. The standard InChI is InChI=1S/C35H43N3O7/c1-22(39)38-28-16-12-24-19-31(43-3)34(44-4)35(45-5)33(24)26-15-17-29(30(40)20-27(26)28)36-18-8-6-7-9-32(41)37-21-23-10-13-25(42-2)14-11-23/h10-11,13-15,17,19-20,28H,6-9,12,16,18,21H2,1-5H3,(H,36,40)(H,37,41)(H,38,39)/t28-/m1/s1. The van der Waals surface area contributed by atoms with E-state index in [1.54, 1.807) is 40.6 Å². The highest BCUT2D eigenvalue weighted by Gasteiger charge is 2.29. The van der Waals surface area contributed by atoms with Gasteiger partial charge in [0.25, 0.3) is 0 Å². The number of ether oxygens (including phenoxy) is 4. The molecule has 240 valence electrons. The number of hydrogen-bond donors (Lipinski definition) is 3. The van der Waals surface area contributed by atoms with Crippen LogP contribution in [0.25, 0.3) is 11.1 Å². The van der Waals surface area contributed by atoms with E-state index in [-0.39, 0.29) is 23.3 Å². The van der Waals surface area contributed by atoms with Gasteiger partial charge in [0.2, 0.25) is 23.0 Å². The summed E-state index contributed by atoms with van der Waals surface area (Å²) in [5.74, 6) is 2.14. The molecule has 0 unspecified atom stereocenters. The van der Waals surface area contributed by atoms with Gasteiger partial charge in [0.05, 0.1) is 40.2 Å². The third-order valence-corrected chi connectivity index (χ3v) is 7.96. The molecule has 1 aliphatic carbocycles. The summed E-state index contributed by atoms with van der Waals surface area (Å²) >= 11 is 0. The van der Waals surface area contributed by atoms with Crippen LogP contribution in [0.2, 0.25) is 0 Å². The summed E-state index contributed by atoms with van der Waals surface area (Å²) in [6.07, 6.45) is 4.05. The van der Waals surface area contributed by atoms with E-state index in [2.05, 4.69) is 16.0 Å². The Kier molecular flexibility index (Phi) is 11.7. The molecule has 0 aliphatic heterocycles. The third-order valence-electron chi connectivity index (χ3n) is 7.96. The predicted molar refractivity (Wildman–Crippen MR) is 174 cm³/mol. The lowest BCUT2D eigenvalue weighted by atomic mass is 9.95. The molecule has 0 saturated heterocycles. The fourth-order valence-corrected chi connectivity index (χ4v) is 5.70. The zero-order valence-electron chi connectivity index (χ0n) is 26.7. The molecule has 10 nitrogen and oxygen atoms in total. The number of fused-ring (bicyclic) bond motifs is 3. The average Bonchev–Trinajstić information content (AvgIpc) is 3.29. The number of carbonyl (C=O) groups excluding carboxylic acids is 2. The molecule has 45 heavy (non-hydrogen) atoms. The first-order valence-electron chi connectivity index (χ1n) is 15.2. The van der Waals surface area contributed by atoms with Crippen LogP contribution < -0.4 is 40.3 Å². The number of amides is 2. The molecule has 0 fully saturated rings. The van der Waals surface area contributed by atoms with E-state index >= 15 is 0 Å². The Morgan fingerprint density at radius 3 is 2.29 bits per heavy atom. The van der Waals surface area contributed by atoms with Crippen molar-refractivity contribution in [2.24, 2.45) is 0 Å². The van der Waals surface area contributed by atoms with E-state index in [4.69, 9.17) is 18.9 Å². The van der Waals surface area contributed by atoms with Gasteiger partial charge in [-0.3, -0.25) is 14.4 Å². The quantitative estimate of drug-likeness (QED) is 0.212. The summed E-state index contributed by atoms with van der Waals surface area (Å²) in [5.41, 5.74) is 4.58. The van der Waals surface area contributed by atoms with Crippen LogP contribution in [0.3, 0.4) is 0 Å². The van der Waals surface area contributed by atoms with E-state index in [1.165, 1.54) is 6.92 Å². The third kappa shape index (κ3) is 8.26. The molecule has 4 rings (SSSR count). The summed E-state index contributed by atoms with van der Waals surface area (Å²) in [4.78, 5) is 37.9. The van der Waals surface area contributed by atoms with E-state index in [1.807, 2.05) is 36.4 Å². The number of nitrogens with one attached hydrogen (secondary N) is 3. The minimum atomic E-state index is -0.365. The first kappa shape index (κ1) is 33.2. The van der Waals surface area contributed by atoms with E-state index < -0.39 is 0 Å². The Balaban J connectivity index is 1.44. The number of anilines is 1. The summed E-state index contributed by atoms with van der Waals surface area (Å²) in [6, 6.07) is 14.5. The fraction of sp³-hybridized carbons (Fsp3) is 0.400. The van der Waals surface area contributed by atoms with Crippen LogP contribution in [0.1, 0.15) is 61.8 Å². The first-order valence-corrected chi connectivity index (χ1v) is 15.2. The predicted octanol–water partition coefficient (Wildman–Crippen LogP) is 5.16. The Labute approximate surface area is 264 Å². The lowest BCUT2D eigenvalue weighted by Crippen LogP contribution is -2.26. The minimum absolute atomic E-state index is 0.0101. The van der Waals surface area contributed by atoms with Gasteiger partial charge in [-0.05, 0) is 78.3 Å². The second-order valence-corrected chi connectivity index (χ2v) is 11.0. The molecule has 0 radical (unpaired) electrons. The molecule has 0 bridgehead atoms. The van der Waals surface area contributed by atoms with Crippen LogP contribution in [0, 0.1) is 0 Å². The van der Waals surface area contributed by atoms with Crippen LogP contribution in [0.4, 0.5) is 5.69 Å². The van der Waals surface area contributed by atoms with Crippen LogP contribution in [0.5, 0.6) is 23.0 Å². The topological polar surface area (TPSA) is 124 Å². The SMILES string of the molecule is COc1ccc(CNC(=O)CCCCCNc2ccc3c(cc2=O)[C@H](NC(C)=O)CCc2cc(OC)c(OC)c(OC)c2-3)cc1. The molecule has 1 atom stereocenters. The maximum atomic E-state index is 13.4. The van der Waals surface area contributed by atoms with Crippen molar-refractivity contribution >= 4 is 17.5 Å². The van der Waals surface area contributed by atoms with Gasteiger partial charge in [0, 0.05) is 32.0 Å². The molecule has 0 saturated carbocycles. The monoisotopic (exact) mass is 617 g/mol. The van der Waals surface area contributed by atoms with Crippen molar-refractivity contribution < 1.29 is 28.5 Å². The Morgan fingerprint density at radius 2 is 1.62 bits per heavy atom. The van der Waals surface area contributed by atoms with Crippen molar-refractivity contribution in [2.45, 2.75) is 58.0 Å². The van der Waals surface area contributed by atoms with Crippen molar-refractivity contribution in [3.05, 3.63) is 75.4 Å². The van der Waals surface area contributed by atoms with Crippen LogP contribution in [0.15, 0.2) is 53.3 Å². The van der Waals surface area contributed by atoms with Crippen molar-refractivity contribution in [3.63, 3.8) is 0 Å². The maximum absolute atomic E-state index is 13.4. The maximum Gasteiger partial charge on any atom is 0.220 e. The van der Waals surface area contributed by atoms with Crippen LogP contribution >= 0.6 is 0 Å². The molecule has 10 heteroatoms. The van der Waals surface area contributed by atoms with Crippen molar-refractivity contribution in [1.29, 1.82) is 0 Å². The molecular formula is C35H43N3O7. The van der Waals surface area contributed by atoms with Crippen LogP contribution in [-0.4, -0.2) is 46.8 Å². The van der Waals surface area contributed by atoms with Gasteiger partial charge in [0.15, 0.2) is 11.5 Å². The second-order valence-electron chi connectivity index (χ2n) is 11.0. The van der Waals surface area contributed by atoms with Crippen LogP contribution in [-0.2, 0) is 22.6 Å². The number of benzene rings is 2. The number of methoxy groups -OCH3 is 4. The first-order chi connectivity index (χ1) is 21.8. The molecule has 0 spiro atoms. The van der Waals surface area contributed by atoms with E-state index in [9.17, 15) is 14.4 Å². The highest BCUT2D eigenvalue weighted by atomic mass is 16.5. The molecule has 2 amide bonds. The summed E-state index contributed by atoms with van der Waals surface area (Å²) in [7, 11) is 6.33. The fourth-order valence-electron chi connectivity index (χ4n) is 5.70. The smallest absolute Gasteiger partial charge is 0.220 e. The molecular weight excluding hydrogens is 574 g/mol. The highest BCUT2D eigenvalue weighted by molar-refractivity contribution is 5.83. The van der Waals surface area contributed by atoms with E-state index in [0.717, 1.165) is 47.3 Å². The van der Waals surface area contributed by atoms with Gasteiger partial charge < -0.3 is 34.9 Å². The second kappa shape index (κ2) is 15.8. The summed E-state index contributed by atoms with van der Waals surface area (Å²) < 4.78 is 22.3. The van der Waals surface area contributed by atoms with Gasteiger partial charge >= 0.3 is 0 Å². The Bertz CT molecular complexity index is 1560. The van der Waals surface area contributed by atoms with Gasteiger partial charge in [-0.2, -0.15) is 0 Å². The zero-order valence-corrected chi connectivity index (χ0v) is 26.7.